The van der Waals surface area contributed by atoms with Crippen LogP contribution >= 0.6 is 0 Å². The summed E-state index contributed by atoms with van der Waals surface area (Å²) < 4.78 is 31.6. The zero-order valence-corrected chi connectivity index (χ0v) is 24.7. The van der Waals surface area contributed by atoms with E-state index in [1.807, 2.05) is 20.8 Å². The normalized spacial score (nSPS) is 12.6. The van der Waals surface area contributed by atoms with Crippen LogP contribution in [0, 0.1) is 17.0 Å². The molecule has 0 aliphatic heterocycles. The Hall–Kier alpha value is -3.57. The Morgan fingerprint density at radius 3 is 2.12 bits per heavy atom. The molecule has 230 valence electrons. The molecule has 2 atom stereocenters. The van der Waals surface area contributed by atoms with E-state index in [-0.39, 0.29) is 54.6 Å². The van der Waals surface area contributed by atoms with Gasteiger partial charge in [-0.3, -0.25) is 24.0 Å². The Balaban J connectivity index is 2.68. The van der Waals surface area contributed by atoms with Crippen molar-refractivity contribution in [3.05, 3.63) is 35.4 Å². The van der Waals surface area contributed by atoms with Crippen LogP contribution in [0.2, 0.25) is 0 Å². The van der Waals surface area contributed by atoms with Crippen molar-refractivity contribution >= 4 is 29.6 Å². The fraction of sp³-hybridized carbons (Fsp3) is 0.621. The molecule has 0 heterocycles. The predicted octanol–water partition coefficient (Wildman–Crippen LogP) is 3.03. The average molecular weight is 583 g/mol. The van der Waals surface area contributed by atoms with Gasteiger partial charge in [-0.2, -0.15) is 0 Å². The molecule has 1 rings (SSSR count). The van der Waals surface area contributed by atoms with Crippen molar-refractivity contribution in [2.75, 3.05) is 13.7 Å². The molecule has 0 saturated carbocycles. The molecule has 4 amide bonds. The van der Waals surface area contributed by atoms with Gasteiger partial charge < -0.3 is 26.0 Å². The van der Waals surface area contributed by atoms with Gasteiger partial charge in [-0.1, -0.05) is 39.7 Å². The third-order valence-corrected chi connectivity index (χ3v) is 6.11. The van der Waals surface area contributed by atoms with E-state index in [2.05, 4.69) is 26.0 Å². The topological polar surface area (TPSA) is 143 Å². The fourth-order valence-corrected chi connectivity index (χ4v) is 3.65. The summed E-state index contributed by atoms with van der Waals surface area (Å²) in [5.74, 6) is -3.73. The quantitative estimate of drug-likeness (QED) is 0.164. The van der Waals surface area contributed by atoms with Gasteiger partial charge >= 0.3 is 5.97 Å². The van der Waals surface area contributed by atoms with E-state index < -0.39 is 35.5 Å². The van der Waals surface area contributed by atoms with Crippen molar-refractivity contribution in [2.24, 2.45) is 5.41 Å². The number of unbranched alkanes of at least 4 members (excludes halogenated alkanes) is 3. The molecule has 0 fully saturated rings. The first-order valence-corrected chi connectivity index (χ1v) is 13.9. The van der Waals surface area contributed by atoms with Crippen molar-refractivity contribution in [3.8, 4) is 0 Å². The molecular weight excluding hydrogens is 538 g/mol. The van der Waals surface area contributed by atoms with E-state index in [9.17, 15) is 32.8 Å². The molecule has 0 aromatic heterocycles. The smallest absolute Gasteiger partial charge is 0.305 e. The van der Waals surface area contributed by atoms with Crippen LogP contribution in [0.1, 0.15) is 84.6 Å². The minimum absolute atomic E-state index is 0.0157. The van der Waals surface area contributed by atoms with Crippen molar-refractivity contribution in [2.45, 2.75) is 97.7 Å². The highest BCUT2D eigenvalue weighted by molar-refractivity contribution is 5.92. The first kappa shape index (κ1) is 35.5. The fourth-order valence-electron chi connectivity index (χ4n) is 3.65. The van der Waals surface area contributed by atoms with Gasteiger partial charge in [0.2, 0.25) is 23.6 Å². The summed E-state index contributed by atoms with van der Waals surface area (Å²) >= 11 is 0. The van der Waals surface area contributed by atoms with E-state index in [0.717, 1.165) is 12.5 Å². The second kappa shape index (κ2) is 18.0. The third-order valence-electron chi connectivity index (χ3n) is 6.11. The number of methoxy groups -OCH3 is 1. The number of hydrogen-bond donors (Lipinski definition) is 4. The maximum Gasteiger partial charge on any atom is 0.305 e. The molecule has 1 aromatic rings. The van der Waals surface area contributed by atoms with Gasteiger partial charge in [0.15, 0.2) is 0 Å². The van der Waals surface area contributed by atoms with E-state index in [0.29, 0.717) is 38.3 Å². The number of carbonyl (C=O) groups is 5. The zero-order valence-electron chi connectivity index (χ0n) is 24.7. The summed E-state index contributed by atoms with van der Waals surface area (Å²) in [7, 11) is 1.33. The summed E-state index contributed by atoms with van der Waals surface area (Å²) in [5.41, 5.74) is -0.0492. The molecule has 0 bridgehead atoms. The van der Waals surface area contributed by atoms with E-state index >= 15 is 0 Å². The van der Waals surface area contributed by atoms with Gasteiger partial charge in [0.1, 0.15) is 23.7 Å². The molecular formula is C29H44F2N4O6. The van der Waals surface area contributed by atoms with Gasteiger partial charge in [0.05, 0.1) is 7.11 Å². The number of halogens is 2. The standard InChI is InChI=1S/C29H44F2N4O6/c1-19(27(39)32-17-20-12-13-21(30)16-22(20)31)34-28(40)23(14-15-24(36)33-18-29(2,3)4)35-25(37)10-8-6-7-9-11-26(38)41-5/h12-13,16,19,23H,6-11,14-15,17-18H2,1-5H3,(H,32,39)(H,33,36)(H,34,40)(H,35,37)/t19-,23-/m0/s1. The molecule has 10 nitrogen and oxygen atoms in total. The van der Waals surface area contributed by atoms with Crippen molar-refractivity contribution in [1.82, 2.24) is 21.3 Å². The van der Waals surface area contributed by atoms with Crippen LogP contribution < -0.4 is 21.3 Å². The van der Waals surface area contributed by atoms with Gasteiger partial charge in [-0.05, 0) is 37.7 Å². The zero-order chi connectivity index (χ0) is 31.0. The second-order valence-electron chi connectivity index (χ2n) is 11.2. The lowest BCUT2D eigenvalue weighted by Gasteiger charge is -2.22. The summed E-state index contributed by atoms with van der Waals surface area (Å²) in [6, 6.07) is 0.897. The number of ether oxygens (including phenoxy) is 1. The van der Waals surface area contributed by atoms with E-state index in [1.54, 1.807) is 0 Å². The average Bonchev–Trinajstić information content (AvgIpc) is 2.90. The maximum atomic E-state index is 13.9. The number of esters is 1. The number of amides is 4. The number of hydrogen-bond acceptors (Lipinski definition) is 6. The molecule has 0 radical (unpaired) electrons. The largest absolute Gasteiger partial charge is 0.469 e. The Kier molecular flexibility index (Phi) is 15.6. The first-order chi connectivity index (χ1) is 19.2. The van der Waals surface area contributed by atoms with Gasteiger partial charge in [0, 0.05) is 44.0 Å². The highest BCUT2D eigenvalue weighted by Crippen LogP contribution is 2.12. The highest BCUT2D eigenvalue weighted by Gasteiger charge is 2.25. The lowest BCUT2D eigenvalue weighted by atomic mass is 9.97. The van der Waals surface area contributed by atoms with E-state index in [4.69, 9.17) is 0 Å². The van der Waals surface area contributed by atoms with Crippen LogP contribution in [0.5, 0.6) is 0 Å². The molecule has 0 aliphatic rings. The van der Waals surface area contributed by atoms with Crippen molar-refractivity contribution in [1.29, 1.82) is 0 Å². The van der Waals surface area contributed by atoms with Crippen LogP contribution in [-0.4, -0.2) is 55.3 Å². The molecule has 41 heavy (non-hydrogen) atoms. The number of rotatable bonds is 17. The molecule has 0 unspecified atom stereocenters. The monoisotopic (exact) mass is 582 g/mol. The van der Waals surface area contributed by atoms with Gasteiger partial charge in [-0.15, -0.1) is 0 Å². The number of benzene rings is 1. The van der Waals surface area contributed by atoms with E-state index in [1.165, 1.54) is 20.1 Å². The first-order valence-electron chi connectivity index (χ1n) is 13.9. The lowest BCUT2D eigenvalue weighted by molar-refractivity contribution is -0.140. The Bertz CT molecular complexity index is 1040. The summed E-state index contributed by atoms with van der Waals surface area (Å²) in [5, 5.41) is 10.5. The summed E-state index contributed by atoms with van der Waals surface area (Å²) in [6.45, 7) is 7.57. The van der Waals surface area contributed by atoms with Gasteiger partial charge in [-0.25, -0.2) is 8.78 Å². The number of nitrogens with one attached hydrogen (secondary N) is 4. The molecule has 0 aliphatic carbocycles. The summed E-state index contributed by atoms with van der Waals surface area (Å²) in [4.78, 5) is 61.6. The molecule has 0 saturated heterocycles. The van der Waals surface area contributed by atoms with Crippen LogP contribution in [0.15, 0.2) is 18.2 Å². The van der Waals surface area contributed by atoms with Crippen LogP contribution in [-0.2, 0) is 35.3 Å². The van der Waals surface area contributed by atoms with Crippen LogP contribution in [0.4, 0.5) is 8.78 Å². The Morgan fingerprint density at radius 2 is 1.51 bits per heavy atom. The molecule has 4 N–H and O–H groups in total. The summed E-state index contributed by atoms with van der Waals surface area (Å²) in [6.07, 6.45) is 3.11. The second-order valence-corrected chi connectivity index (χ2v) is 11.2. The van der Waals surface area contributed by atoms with Crippen molar-refractivity contribution in [3.63, 3.8) is 0 Å². The third kappa shape index (κ3) is 15.7. The van der Waals surface area contributed by atoms with Gasteiger partial charge in [0.25, 0.3) is 0 Å². The predicted molar refractivity (Wildman–Crippen MR) is 149 cm³/mol. The SMILES string of the molecule is COC(=O)CCCCCCC(=O)N[C@@H](CCC(=O)NCC(C)(C)C)C(=O)N[C@@H](C)C(=O)NCc1ccc(F)cc1F. The maximum absolute atomic E-state index is 13.9. The Morgan fingerprint density at radius 1 is 0.854 bits per heavy atom. The van der Waals surface area contributed by atoms with Crippen LogP contribution in [0.25, 0.3) is 0 Å². The number of carbonyl (C=O) groups excluding carboxylic acids is 5. The minimum atomic E-state index is -1.06. The minimum Gasteiger partial charge on any atom is -0.469 e. The Labute approximate surface area is 240 Å². The highest BCUT2D eigenvalue weighted by atomic mass is 19.1. The lowest BCUT2D eigenvalue weighted by Crippen LogP contribution is -2.53. The van der Waals surface area contributed by atoms with Crippen molar-refractivity contribution < 1.29 is 37.5 Å². The molecule has 12 heteroatoms. The molecule has 1 aromatic carbocycles. The molecule has 0 spiro atoms. The van der Waals surface area contributed by atoms with Crippen LogP contribution in [0.3, 0.4) is 0 Å².